The highest BCUT2D eigenvalue weighted by molar-refractivity contribution is 9.10. The summed E-state index contributed by atoms with van der Waals surface area (Å²) in [6.07, 6.45) is 0. The van der Waals surface area contributed by atoms with E-state index >= 15 is 0 Å². The monoisotopic (exact) mass is 347 g/mol. The van der Waals surface area contributed by atoms with Crippen LogP contribution in [-0.4, -0.2) is 24.4 Å². The Morgan fingerprint density at radius 1 is 1.19 bits per heavy atom. The van der Waals surface area contributed by atoms with Crippen molar-refractivity contribution >= 4 is 33.2 Å². The van der Waals surface area contributed by atoms with Crippen LogP contribution in [0.15, 0.2) is 53.0 Å². The number of halogens is 1. The second-order valence-corrected chi connectivity index (χ2v) is 5.75. The van der Waals surface area contributed by atoms with E-state index in [1.807, 2.05) is 48.3 Å². The molecule has 0 fully saturated rings. The van der Waals surface area contributed by atoms with E-state index in [9.17, 15) is 4.79 Å². The molecule has 5 heteroatoms. The largest absolute Gasteiger partial charge is 0.397 e. The molecule has 21 heavy (non-hydrogen) atoms. The van der Waals surface area contributed by atoms with Crippen molar-refractivity contribution in [3.8, 4) is 0 Å². The van der Waals surface area contributed by atoms with Crippen molar-refractivity contribution < 1.29 is 4.79 Å². The molecule has 0 aliphatic heterocycles. The van der Waals surface area contributed by atoms with Crippen LogP contribution in [0.2, 0.25) is 0 Å². The zero-order valence-corrected chi connectivity index (χ0v) is 13.4. The standard InChI is InChI=1S/C16H18BrN3O/c1-20(10-12-6-2-3-7-13(12)17)11-16(21)19-15-9-5-4-8-14(15)18/h2-9H,10-11,18H2,1H3,(H,19,21). The first-order chi connectivity index (χ1) is 10.1. The molecule has 1 amide bonds. The molecule has 0 unspecified atom stereocenters. The maximum absolute atomic E-state index is 12.0. The van der Waals surface area contributed by atoms with Gasteiger partial charge < -0.3 is 11.1 Å². The molecule has 0 aliphatic carbocycles. The Bertz CT molecular complexity index is 630. The van der Waals surface area contributed by atoms with E-state index in [-0.39, 0.29) is 5.91 Å². The van der Waals surface area contributed by atoms with Gasteiger partial charge in [-0.05, 0) is 30.8 Å². The third kappa shape index (κ3) is 4.58. The normalized spacial score (nSPS) is 10.6. The van der Waals surface area contributed by atoms with Gasteiger partial charge in [0, 0.05) is 11.0 Å². The summed E-state index contributed by atoms with van der Waals surface area (Å²) in [5.41, 5.74) is 8.17. The number of para-hydroxylation sites is 2. The molecule has 0 spiro atoms. The van der Waals surface area contributed by atoms with Crippen LogP contribution in [0.1, 0.15) is 5.56 Å². The van der Waals surface area contributed by atoms with Crippen LogP contribution in [0.3, 0.4) is 0 Å². The molecule has 0 radical (unpaired) electrons. The Morgan fingerprint density at radius 2 is 1.86 bits per heavy atom. The lowest BCUT2D eigenvalue weighted by Gasteiger charge is -2.17. The predicted molar refractivity (Wildman–Crippen MR) is 90.0 cm³/mol. The van der Waals surface area contributed by atoms with E-state index in [4.69, 9.17) is 5.73 Å². The van der Waals surface area contributed by atoms with Crippen LogP contribution >= 0.6 is 15.9 Å². The Balaban J connectivity index is 1.91. The number of benzene rings is 2. The molecule has 0 aliphatic rings. The highest BCUT2D eigenvalue weighted by Crippen LogP contribution is 2.18. The summed E-state index contributed by atoms with van der Waals surface area (Å²) in [5, 5.41) is 2.82. The van der Waals surface area contributed by atoms with Gasteiger partial charge >= 0.3 is 0 Å². The van der Waals surface area contributed by atoms with Gasteiger partial charge in [0.25, 0.3) is 0 Å². The summed E-state index contributed by atoms with van der Waals surface area (Å²) in [5.74, 6) is -0.0811. The van der Waals surface area contributed by atoms with Gasteiger partial charge in [-0.1, -0.05) is 46.3 Å². The Labute approximate surface area is 133 Å². The van der Waals surface area contributed by atoms with Crippen LogP contribution < -0.4 is 11.1 Å². The number of carbonyl (C=O) groups is 1. The first-order valence-electron chi connectivity index (χ1n) is 6.62. The summed E-state index contributed by atoms with van der Waals surface area (Å²) in [6, 6.07) is 15.2. The van der Waals surface area contributed by atoms with Gasteiger partial charge in [0.15, 0.2) is 0 Å². The molecule has 3 N–H and O–H groups in total. The first-order valence-corrected chi connectivity index (χ1v) is 7.42. The summed E-state index contributed by atoms with van der Waals surface area (Å²) in [7, 11) is 1.91. The number of anilines is 2. The molecule has 0 aromatic heterocycles. The molecule has 110 valence electrons. The quantitative estimate of drug-likeness (QED) is 0.817. The predicted octanol–water partition coefficient (Wildman–Crippen LogP) is 3.10. The number of nitrogen functional groups attached to an aromatic ring is 1. The van der Waals surface area contributed by atoms with Gasteiger partial charge in [-0.3, -0.25) is 9.69 Å². The second-order valence-electron chi connectivity index (χ2n) is 4.90. The molecule has 0 atom stereocenters. The van der Waals surface area contributed by atoms with E-state index in [2.05, 4.69) is 21.2 Å². The van der Waals surface area contributed by atoms with Crippen LogP contribution in [0, 0.1) is 0 Å². The highest BCUT2D eigenvalue weighted by atomic mass is 79.9. The molecular formula is C16H18BrN3O. The fourth-order valence-electron chi connectivity index (χ4n) is 2.02. The summed E-state index contributed by atoms with van der Waals surface area (Å²) >= 11 is 3.51. The number of nitrogens with two attached hydrogens (primary N) is 1. The van der Waals surface area contributed by atoms with Gasteiger partial charge in [0.2, 0.25) is 5.91 Å². The van der Waals surface area contributed by atoms with E-state index < -0.39 is 0 Å². The summed E-state index contributed by atoms with van der Waals surface area (Å²) in [6.45, 7) is 0.995. The number of hydrogen-bond donors (Lipinski definition) is 2. The zero-order chi connectivity index (χ0) is 15.2. The lowest BCUT2D eigenvalue weighted by Crippen LogP contribution is -2.30. The van der Waals surface area contributed by atoms with Crippen LogP contribution in [0.4, 0.5) is 11.4 Å². The van der Waals surface area contributed by atoms with E-state index in [1.165, 1.54) is 0 Å². The van der Waals surface area contributed by atoms with Crippen LogP contribution in [0.5, 0.6) is 0 Å². The summed E-state index contributed by atoms with van der Waals surface area (Å²) in [4.78, 5) is 14.0. The Hall–Kier alpha value is -1.85. The van der Waals surface area contributed by atoms with Gasteiger partial charge in [-0.15, -0.1) is 0 Å². The average Bonchev–Trinajstić information content (AvgIpc) is 2.44. The van der Waals surface area contributed by atoms with Gasteiger partial charge in [0.1, 0.15) is 0 Å². The number of carbonyl (C=O) groups excluding carboxylic acids is 1. The maximum Gasteiger partial charge on any atom is 0.238 e. The number of rotatable bonds is 5. The molecule has 0 saturated carbocycles. The van der Waals surface area contributed by atoms with Crippen molar-refractivity contribution in [1.29, 1.82) is 0 Å². The van der Waals surface area contributed by atoms with Crippen molar-refractivity contribution in [3.63, 3.8) is 0 Å². The number of hydrogen-bond acceptors (Lipinski definition) is 3. The molecule has 0 saturated heterocycles. The molecular weight excluding hydrogens is 330 g/mol. The zero-order valence-electron chi connectivity index (χ0n) is 11.8. The smallest absolute Gasteiger partial charge is 0.238 e. The van der Waals surface area contributed by atoms with E-state index in [1.54, 1.807) is 12.1 Å². The number of amides is 1. The minimum atomic E-state index is -0.0811. The average molecular weight is 348 g/mol. The fraction of sp³-hybridized carbons (Fsp3) is 0.188. The minimum Gasteiger partial charge on any atom is -0.397 e. The van der Waals surface area contributed by atoms with Gasteiger partial charge in [0.05, 0.1) is 17.9 Å². The molecule has 4 nitrogen and oxygen atoms in total. The van der Waals surface area contributed by atoms with E-state index in [0.29, 0.717) is 24.5 Å². The van der Waals surface area contributed by atoms with Crippen molar-refractivity contribution in [2.24, 2.45) is 0 Å². The lowest BCUT2D eigenvalue weighted by molar-refractivity contribution is -0.117. The van der Waals surface area contributed by atoms with Gasteiger partial charge in [-0.25, -0.2) is 0 Å². The Kier molecular flexibility index (Phi) is 5.36. The molecule has 0 bridgehead atoms. The number of nitrogens with one attached hydrogen (secondary N) is 1. The minimum absolute atomic E-state index is 0.0811. The maximum atomic E-state index is 12.0. The van der Waals surface area contributed by atoms with Crippen molar-refractivity contribution in [3.05, 3.63) is 58.6 Å². The van der Waals surface area contributed by atoms with Gasteiger partial charge in [-0.2, -0.15) is 0 Å². The SMILES string of the molecule is CN(CC(=O)Nc1ccccc1N)Cc1ccccc1Br. The third-order valence-corrected chi connectivity index (χ3v) is 3.82. The summed E-state index contributed by atoms with van der Waals surface area (Å²) < 4.78 is 1.05. The van der Waals surface area contributed by atoms with Crippen molar-refractivity contribution in [2.75, 3.05) is 24.6 Å². The third-order valence-electron chi connectivity index (χ3n) is 3.05. The van der Waals surface area contributed by atoms with Crippen LogP contribution in [-0.2, 0) is 11.3 Å². The van der Waals surface area contributed by atoms with Crippen LogP contribution in [0.25, 0.3) is 0 Å². The molecule has 2 aromatic rings. The number of nitrogens with zero attached hydrogens (tertiary/aromatic N) is 1. The molecule has 0 heterocycles. The highest BCUT2D eigenvalue weighted by Gasteiger charge is 2.10. The Morgan fingerprint density at radius 3 is 2.57 bits per heavy atom. The van der Waals surface area contributed by atoms with Crippen molar-refractivity contribution in [1.82, 2.24) is 4.90 Å². The lowest BCUT2D eigenvalue weighted by atomic mass is 10.2. The molecule has 2 aromatic carbocycles. The number of likely N-dealkylation sites (N-methyl/N-ethyl adjacent to an activating group) is 1. The fourth-order valence-corrected chi connectivity index (χ4v) is 2.43. The molecule has 2 rings (SSSR count). The second kappa shape index (κ2) is 7.24. The van der Waals surface area contributed by atoms with Crippen molar-refractivity contribution in [2.45, 2.75) is 6.54 Å². The first kappa shape index (κ1) is 15.5. The topological polar surface area (TPSA) is 58.4 Å². The van der Waals surface area contributed by atoms with E-state index in [0.717, 1.165) is 10.0 Å².